The van der Waals surface area contributed by atoms with Gasteiger partial charge in [-0.3, -0.25) is 9.62 Å². The van der Waals surface area contributed by atoms with Crippen molar-refractivity contribution in [2.24, 2.45) is 0 Å². The minimum Gasteiger partial charge on any atom is -0.332 e. The van der Waals surface area contributed by atoms with Crippen LogP contribution in [0.2, 0.25) is 0 Å². The third-order valence-electron chi connectivity index (χ3n) is 6.15. The third kappa shape index (κ3) is 5.72. The topological polar surface area (TPSA) is 90.5 Å². The van der Waals surface area contributed by atoms with Crippen molar-refractivity contribution >= 4 is 48.6 Å². The van der Waals surface area contributed by atoms with Gasteiger partial charge in [0.1, 0.15) is 0 Å². The van der Waals surface area contributed by atoms with E-state index in [1.54, 1.807) is 47.2 Å². The maximum Gasteiger partial charge on any atom is 0.263 e. The lowest BCUT2D eigenvalue weighted by Crippen LogP contribution is -2.38. The summed E-state index contributed by atoms with van der Waals surface area (Å²) in [5, 5.41) is 8.31. The van der Waals surface area contributed by atoms with Crippen LogP contribution in [0.5, 0.6) is 0 Å². The predicted molar refractivity (Wildman–Crippen MR) is 134 cm³/mol. The second kappa shape index (κ2) is 10.1. The predicted octanol–water partition coefficient (Wildman–Crippen LogP) is 4.20. The molecule has 33 heavy (non-hydrogen) atoms. The van der Waals surface area contributed by atoms with E-state index in [1.165, 1.54) is 56.7 Å². The number of likely N-dealkylation sites (tertiary alicyclic amines) is 2. The van der Waals surface area contributed by atoms with Gasteiger partial charge in [-0.25, -0.2) is 18.4 Å². The highest BCUT2D eigenvalue weighted by Crippen LogP contribution is 2.26. The van der Waals surface area contributed by atoms with Crippen LogP contribution in [0.25, 0.3) is 0 Å². The Balaban J connectivity index is 1.17. The second-order valence-electron chi connectivity index (χ2n) is 8.51. The smallest absolute Gasteiger partial charge is 0.263 e. The number of nitrogens with zero attached hydrogens (tertiary/aromatic N) is 4. The monoisotopic (exact) mass is 504 g/mol. The molecule has 0 saturated carbocycles. The molecule has 1 unspecified atom stereocenters. The zero-order chi connectivity index (χ0) is 22.7. The molecule has 2 aliphatic rings. The van der Waals surface area contributed by atoms with E-state index in [4.69, 9.17) is 4.98 Å². The normalized spacial score (nSPS) is 19.8. The van der Waals surface area contributed by atoms with E-state index in [1.807, 2.05) is 0 Å². The molecular formula is C22H28N6O2S3. The summed E-state index contributed by atoms with van der Waals surface area (Å²) in [7, 11) is -3.65. The average Bonchev–Trinajstić information content (AvgIpc) is 3.60. The van der Waals surface area contributed by atoms with Crippen molar-refractivity contribution in [1.82, 2.24) is 19.8 Å². The van der Waals surface area contributed by atoms with Crippen LogP contribution in [0.4, 0.5) is 16.0 Å². The number of sulfonamides is 1. The highest BCUT2D eigenvalue weighted by atomic mass is 32.2. The molecule has 11 heteroatoms. The number of rotatable bonds is 9. The van der Waals surface area contributed by atoms with Gasteiger partial charge in [0, 0.05) is 41.8 Å². The van der Waals surface area contributed by atoms with Crippen molar-refractivity contribution in [1.29, 1.82) is 0 Å². The zero-order valence-electron chi connectivity index (χ0n) is 18.3. The van der Waals surface area contributed by atoms with Crippen molar-refractivity contribution in [3.05, 3.63) is 46.9 Å². The van der Waals surface area contributed by atoms with Crippen LogP contribution in [0.3, 0.4) is 0 Å². The molecule has 2 N–H and O–H groups in total. The molecule has 3 aromatic rings. The van der Waals surface area contributed by atoms with Crippen molar-refractivity contribution in [3.63, 3.8) is 0 Å². The first-order valence-electron chi connectivity index (χ1n) is 11.3. The summed E-state index contributed by atoms with van der Waals surface area (Å²) in [6.07, 6.45) is 6.78. The summed E-state index contributed by atoms with van der Waals surface area (Å²) in [6, 6.07) is 7.31. The van der Waals surface area contributed by atoms with Crippen LogP contribution >= 0.6 is 22.7 Å². The molecular weight excluding hydrogens is 476 g/mol. The van der Waals surface area contributed by atoms with E-state index in [9.17, 15) is 8.42 Å². The molecule has 8 nitrogen and oxygen atoms in total. The number of hydrogen-bond acceptors (Lipinski definition) is 9. The molecule has 5 rings (SSSR count). The fourth-order valence-electron chi connectivity index (χ4n) is 4.51. The standard InChI is InChI=1S/C22H28N6O2S3/c29-33(30,26-21-23-9-13-31-21)20-7-5-17(6-8-20)24-22-25-18(16-32-22)14-28-12-3-4-19(28)15-27-10-1-2-11-27/h5-9,13,16,19H,1-4,10-12,14-15H2,(H,23,26)(H,24,25). The van der Waals surface area contributed by atoms with E-state index in [0.717, 1.165) is 29.6 Å². The molecule has 0 amide bonds. The van der Waals surface area contributed by atoms with Gasteiger partial charge in [0.05, 0.1) is 10.6 Å². The van der Waals surface area contributed by atoms with Crippen LogP contribution in [0.1, 0.15) is 31.4 Å². The average molecular weight is 505 g/mol. The van der Waals surface area contributed by atoms with Crippen LogP contribution in [-0.4, -0.2) is 60.4 Å². The fraction of sp³-hybridized carbons (Fsp3) is 0.455. The first-order chi connectivity index (χ1) is 16.0. The molecule has 2 saturated heterocycles. The lowest BCUT2D eigenvalue weighted by molar-refractivity contribution is 0.184. The fourth-order valence-corrected chi connectivity index (χ4v) is 7.02. The highest BCUT2D eigenvalue weighted by molar-refractivity contribution is 7.93. The van der Waals surface area contributed by atoms with Crippen molar-refractivity contribution in [2.45, 2.75) is 43.2 Å². The van der Waals surface area contributed by atoms with Crippen molar-refractivity contribution in [3.8, 4) is 0 Å². The third-order valence-corrected chi connectivity index (χ3v) is 9.13. The number of thiazole rings is 2. The Bertz CT molecular complexity index is 1140. The van der Waals surface area contributed by atoms with E-state index in [0.29, 0.717) is 11.2 Å². The molecule has 0 bridgehead atoms. The van der Waals surface area contributed by atoms with E-state index < -0.39 is 10.0 Å². The number of benzene rings is 1. The minimum absolute atomic E-state index is 0.196. The van der Waals surface area contributed by atoms with Crippen LogP contribution in [-0.2, 0) is 16.6 Å². The zero-order valence-corrected chi connectivity index (χ0v) is 20.8. The molecule has 2 aliphatic heterocycles. The quantitative estimate of drug-likeness (QED) is 0.451. The molecule has 2 aromatic heterocycles. The van der Waals surface area contributed by atoms with Gasteiger partial charge >= 0.3 is 0 Å². The van der Waals surface area contributed by atoms with Crippen LogP contribution in [0, 0.1) is 0 Å². The number of nitrogens with one attached hydrogen (secondary N) is 2. The Morgan fingerprint density at radius 3 is 2.61 bits per heavy atom. The summed E-state index contributed by atoms with van der Waals surface area (Å²) in [5.74, 6) is 0. The molecule has 0 spiro atoms. The van der Waals surface area contributed by atoms with E-state index >= 15 is 0 Å². The summed E-state index contributed by atoms with van der Waals surface area (Å²) < 4.78 is 27.5. The largest absolute Gasteiger partial charge is 0.332 e. The molecule has 0 radical (unpaired) electrons. The minimum atomic E-state index is -3.65. The number of aromatic nitrogens is 2. The molecule has 2 fully saturated rings. The Morgan fingerprint density at radius 1 is 1.03 bits per heavy atom. The molecule has 4 heterocycles. The molecule has 0 aliphatic carbocycles. The maximum atomic E-state index is 12.5. The van der Waals surface area contributed by atoms with Gasteiger partial charge in [-0.05, 0) is 69.6 Å². The number of hydrogen-bond donors (Lipinski definition) is 2. The van der Waals surface area contributed by atoms with Crippen molar-refractivity contribution in [2.75, 3.05) is 36.2 Å². The Hall–Kier alpha value is -2.05. The van der Waals surface area contributed by atoms with Gasteiger partial charge < -0.3 is 10.2 Å². The Labute approximate surface area is 202 Å². The van der Waals surface area contributed by atoms with Crippen LogP contribution in [0.15, 0.2) is 46.1 Å². The SMILES string of the molecule is O=S(=O)(Nc1nccs1)c1ccc(Nc2nc(CN3CCCC3CN3CCCC3)cs2)cc1. The summed E-state index contributed by atoms with van der Waals surface area (Å²) in [5.41, 5.74) is 1.89. The lowest BCUT2D eigenvalue weighted by Gasteiger charge is -2.27. The Morgan fingerprint density at radius 2 is 1.85 bits per heavy atom. The lowest BCUT2D eigenvalue weighted by atomic mass is 10.2. The molecule has 1 atom stereocenters. The summed E-state index contributed by atoms with van der Waals surface area (Å²) in [4.78, 5) is 14.1. The van der Waals surface area contributed by atoms with Crippen molar-refractivity contribution < 1.29 is 8.42 Å². The summed E-state index contributed by atoms with van der Waals surface area (Å²) >= 11 is 2.82. The van der Waals surface area contributed by atoms with Gasteiger partial charge in [0.2, 0.25) is 0 Å². The van der Waals surface area contributed by atoms with Gasteiger partial charge in [-0.15, -0.1) is 22.7 Å². The number of anilines is 3. The maximum absolute atomic E-state index is 12.5. The molecule has 1 aromatic carbocycles. The second-order valence-corrected chi connectivity index (χ2v) is 11.9. The molecule has 176 valence electrons. The van der Waals surface area contributed by atoms with Gasteiger partial charge in [-0.2, -0.15) is 0 Å². The first-order valence-corrected chi connectivity index (χ1v) is 14.5. The first kappa shape index (κ1) is 22.7. The van der Waals surface area contributed by atoms with E-state index in [-0.39, 0.29) is 4.90 Å². The van der Waals surface area contributed by atoms with Gasteiger partial charge in [0.15, 0.2) is 10.3 Å². The highest BCUT2D eigenvalue weighted by Gasteiger charge is 2.28. The van der Waals surface area contributed by atoms with Gasteiger partial charge in [0.25, 0.3) is 10.0 Å². The summed E-state index contributed by atoms with van der Waals surface area (Å²) in [6.45, 7) is 5.70. The van der Waals surface area contributed by atoms with Crippen LogP contribution < -0.4 is 10.0 Å². The van der Waals surface area contributed by atoms with E-state index in [2.05, 4.69) is 30.2 Å². The Kier molecular flexibility index (Phi) is 6.93. The van der Waals surface area contributed by atoms with Gasteiger partial charge in [-0.1, -0.05) is 0 Å².